The van der Waals surface area contributed by atoms with Crippen molar-refractivity contribution >= 4 is 17.4 Å². The maximum absolute atomic E-state index is 14.4. The summed E-state index contributed by atoms with van der Waals surface area (Å²) in [6.07, 6.45) is -2.49. The third-order valence-electron chi connectivity index (χ3n) is 4.46. The average Bonchev–Trinajstić information content (AvgIpc) is 2.62. The maximum atomic E-state index is 14.4. The van der Waals surface area contributed by atoms with E-state index in [0.29, 0.717) is 41.0 Å². The van der Waals surface area contributed by atoms with Gasteiger partial charge >= 0.3 is 6.18 Å². The molecule has 0 unspecified atom stereocenters. The monoisotopic (exact) mass is 399 g/mol. The van der Waals surface area contributed by atoms with Gasteiger partial charge in [-0.25, -0.2) is 4.39 Å². The molecule has 1 aromatic heterocycles. The Labute approximate surface area is 160 Å². The first-order valence-electron chi connectivity index (χ1n) is 8.69. The first-order valence-corrected chi connectivity index (χ1v) is 9.67. The van der Waals surface area contributed by atoms with E-state index in [1.807, 2.05) is 23.1 Å². The summed E-state index contributed by atoms with van der Waals surface area (Å²) in [5, 5.41) is 0. The molecule has 1 aromatic carbocycles. The number of rotatable bonds is 5. The predicted molar refractivity (Wildman–Crippen MR) is 99.6 cm³/mol. The first-order chi connectivity index (χ1) is 12.8. The summed E-state index contributed by atoms with van der Waals surface area (Å²) in [7, 11) is 0. The number of nitrogens with zero attached hydrogens (tertiary/aromatic N) is 3. The molecule has 146 valence electrons. The molecule has 1 aliphatic rings. The summed E-state index contributed by atoms with van der Waals surface area (Å²) in [4.78, 5) is 8.93. The lowest BCUT2D eigenvalue weighted by atomic mass is 10.1. The van der Waals surface area contributed by atoms with Gasteiger partial charge in [0.1, 0.15) is 5.82 Å². The number of alkyl halides is 3. The number of hydrogen-bond donors (Lipinski definition) is 0. The molecule has 0 saturated carbocycles. The van der Waals surface area contributed by atoms with Crippen molar-refractivity contribution < 1.29 is 17.6 Å². The van der Waals surface area contributed by atoms with Crippen LogP contribution in [-0.4, -0.2) is 48.0 Å². The van der Waals surface area contributed by atoms with E-state index >= 15 is 0 Å². The van der Waals surface area contributed by atoms with Crippen LogP contribution in [0.5, 0.6) is 0 Å². The fourth-order valence-corrected chi connectivity index (χ4v) is 3.87. The van der Waals surface area contributed by atoms with E-state index in [2.05, 4.69) is 9.88 Å². The third-order valence-corrected chi connectivity index (χ3v) is 5.68. The van der Waals surface area contributed by atoms with Gasteiger partial charge in [-0.05, 0) is 36.8 Å². The standard InChI is InChI=1S/C19H21F4N3S/c1-14-10-16(20)17(11-18(14)27-13-19(21,22)23)26-8-6-25(7-9-26)12-15-4-2-3-5-24-15/h2-5,10-11H,6-9,12-13H2,1H3. The lowest BCUT2D eigenvalue weighted by Crippen LogP contribution is -2.46. The molecule has 1 saturated heterocycles. The largest absolute Gasteiger partial charge is 0.398 e. The minimum absolute atomic E-state index is 0.378. The number of pyridine rings is 1. The summed E-state index contributed by atoms with van der Waals surface area (Å²) < 4.78 is 52.0. The Morgan fingerprint density at radius 1 is 1.11 bits per heavy atom. The van der Waals surface area contributed by atoms with Gasteiger partial charge in [0.25, 0.3) is 0 Å². The van der Waals surface area contributed by atoms with Crippen molar-refractivity contribution in [3.63, 3.8) is 0 Å². The number of aryl methyl sites for hydroxylation is 1. The third kappa shape index (κ3) is 5.59. The van der Waals surface area contributed by atoms with Crippen molar-refractivity contribution in [2.24, 2.45) is 0 Å². The number of hydrogen-bond acceptors (Lipinski definition) is 4. The van der Waals surface area contributed by atoms with Crippen molar-refractivity contribution in [1.29, 1.82) is 0 Å². The van der Waals surface area contributed by atoms with Crippen LogP contribution in [0.15, 0.2) is 41.4 Å². The zero-order valence-corrected chi connectivity index (χ0v) is 15.8. The highest BCUT2D eigenvalue weighted by atomic mass is 32.2. The summed E-state index contributed by atoms with van der Waals surface area (Å²) >= 11 is 0.706. The molecule has 0 N–H and O–H groups in total. The first kappa shape index (κ1) is 19.9. The van der Waals surface area contributed by atoms with Crippen LogP contribution in [0.4, 0.5) is 23.2 Å². The Morgan fingerprint density at radius 2 is 1.85 bits per heavy atom. The van der Waals surface area contributed by atoms with Crippen LogP contribution < -0.4 is 4.90 Å². The lowest BCUT2D eigenvalue weighted by Gasteiger charge is -2.36. The van der Waals surface area contributed by atoms with E-state index in [1.54, 1.807) is 19.2 Å². The fourth-order valence-electron chi connectivity index (χ4n) is 3.07. The van der Waals surface area contributed by atoms with E-state index in [0.717, 1.165) is 25.3 Å². The zero-order valence-electron chi connectivity index (χ0n) is 15.0. The van der Waals surface area contributed by atoms with Gasteiger partial charge in [-0.1, -0.05) is 6.07 Å². The molecular weight excluding hydrogens is 378 g/mol. The SMILES string of the molecule is Cc1cc(F)c(N2CCN(Cc3ccccn3)CC2)cc1SCC(F)(F)F. The summed E-state index contributed by atoms with van der Waals surface area (Å²) in [6, 6.07) is 8.66. The minimum atomic E-state index is -4.25. The Balaban J connectivity index is 1.64. The van der Waals surface area contributed by atoms with Crippen molar-refractivity contribution in [3.8, 4) is 0 Å². The second kappa shape index (κ2) is 8.48. The molecule has 2 aromatic rings. The Hall–Kier alpha value is -1.80. The molecule has 1 fully saturated rings. The second-order valence-electron chi connectivity index (χ2n) is 6.56. The Bertz CT molecular complexity index is 760. The number of halogens is 4. The van der Waals surface area contributed by atoms with Crippen LogP contribution in [0.25, 0.3) is 0 Å². The molecule has 2 heterocycles. The van der Waals surface area contributed by atoms with E-state index in [9.17, 15) is 17.6 Å². The zero-order chi connectivity index (χ0) is 19.4. The highest BCUT2D eigenvalue weighted by molar-refractivity contribution is 7.99. The van der Waals surface area contributed by atoms with Gasteiger partial charge in [0.2, 0.25) is 0 Å². The molecule has 27 heavy (non-hydrogen) atoms. The molecule has 0 spiro atoms. The molecular formula is C19H21F4N3S. The van der Waals surface area contributed by atoms with Crippen LogP contribution in [0.2, 0.25) is 0 Å². The maximum Gasteiger partial charge on any atom is 0.398 e. The van der Waals surface area contributed by atoms with Gasteiger partial charge in [0.05, 0.1) is 17.1 Å². The van der Waals surface area contributed by atoms with Gasteiger partial charge < -0.3 is 4.90 Å². The van der Waals surface area contributed by atoms with E-state index in [-0.39, 0.29) is 5.82 Å². The normalized spacial score (nSPS) is 16.0. The Morgan fingerprint density at radius 3 is 2.48 bits per heavy atom. The number of piperazine rings is 1. The average molecular weight is 399 g/mol. The van der Waals surface area contributed by atoms with Gasteiger partial charge in [0.15, 0.2) is 0 Å². The van der Waals surface area contributed by atoms with Crippen molar-refractivity contribution in [2.45, 2.75) is 24.5 Å². The van der Waals surface area contributed by atoms with Crippen molar-refractivity contribution in [2.75, 3.05) is 36.8 Å². The van der Waals surface area contributed by atoms with Gasteiger partial charge in [0, 0.05) is 43.8 Å². The smallest absolute Gasteiger partial charge is 0.367 e. The number of benzene rings is 1. The highest BCUT2D eigenvalue weighted by Crippen LogP contribution is 2.34. The summed E-state index contributed by atoms with van der Waals surface area (Å²) in [5.74, 6) is -1.36. The van der Waals surface area contributed by atoms with Gasteiger partial charge in [-0.3, -0.25) is 9.88 Å². The predicted octanol–water partition coefficient (Wildman–Crippen LogP) is 4.51. The van der Waals surface area contributed by atoms with Crippen LogP contribution >= 0.6 is 11.8 Å². The molecule has 0 radical (unpaired) electrons. The molecule has 0 atom stereocenters. The summed E-state index contributed by atoms with van der Waals surface area (Å²) in [6.45, 7) is 5.10. The molecule has 0 bridgehead atoms. The fraction of sp³-hybridized carbons (Fsp3) is 0.421. The van der Waals surface area contributed by atoms with Crippen molar-refractivity contribution in [3.05, 3.63) is 53.6 Å². The quantitative estimate of drug-likeness (QED) is 0.544. The van der Waals surface area contributed by atoms with Crippen LogP contribution in [0.1, 0.15) is 11.3 Å². The highest BCUT2D eigenvalue weighted by Gasteiger charge is 2.28. The van der Waals surface area contributed by atoms with Crippen LogP contribution in [0, 0.1) is 12.7 Å². The molecule has 0 amide bonds. The van der Waals surface area contributed by atoms with E-state index in [1.165, 1.54) is 6.07 Å². The van der Waals surface area contributed by atoms with Crippen LogP contribution in [0.3, 0.4) is 0 Å². The second-order valence-corrected chi connectivity index (χ2v) is 7.57. The molecule has 1 aliphatic heterocycles. The molecule has 3 rings (SSSR count). The van der Waals surface area contributed by atoms with E-state index in [4.69, 9.17) is 0 Å². The number of aromatic nitrogens is 1. The molecule has 8 heteroatoms. The van der Waals surface area contributed by atoms with E-state index < -0.39 is 11.9 Å². The lowest BCUT2D eigenvalue weighted by molar-refractivity contribution is -0.105. The summed E-state index contributed by atoms with van der Waals surface area (Å²) in [5.41, 5.74) is 1.89. The van der Waals surface area contributed by atoms with Crippen LogP contribution in [-0.2, 0) is 6.54 Å². The minimum Gasteiger partial charge on any atom is -0.367 e. The van der Waals surface area contributed by atoms with Gasteiger partial charge in [-0.2, -0.15) is 13.2 Å². The number of anilines is 1. The topological polar surface area (TPSA) is 19.4 Å². The molecule has 0 aliphatic carbocycles. The van der Waals surface area contributed by atoms with Gasteiger partial charge in [-0.15, -0.1) is 11.8 Å². The molecule has 3 nitrogen and oxygen atoms in total. The number of thioether (sulfide) groups is 1. The van der Waals surface area contributed by atoms with Crippen molar-refractivity contribution in [1.82, 2.24) is 9.88 Å². The Kier molecular flexibility index (Phi) is 6.26.